The highest BCUT2D eigenvalue weighted by atomic mass is 16.2. The van der Waals surface area contributed by atoms with Crippen LogP contribution in [0, 0.1) is 0 Å². The van der Waals surface area contributed by atoms with Crippen molar-refractivity contribution in [3.05, 3.63) is 65.2 Å². The van der Waals surface area contributed by atoms with Crippen LogP contribution in [0.1, 0.15) is 36.5 Å². The lowest BCUT2D eigenvalue weighted by atomic mass is 10.0. The summed E-state index contributed by atoms with van der Waals surface area (Å²) in [6.45, 7) is 5.71. The van der Waals surface area contributed by atoms with Crippen LogP contribution in [0.15, 0.2) is 48.5 Å². The second-order valence-electron chi connectivity index (χ2n) is 6.64. The summed E-state index contributed by atoms with van der Waals surface area (Å²) >= 11 is 0. The molecular weight excluding hydrogens is 298 g/mol. The number of hydrogen-bond donors (Lipinski definition) is 2. The standard InChI is InChI=1S/C20H27N3O/c1-15(2)18-8-10-19(11-9-18)22-20(24)21-13-16-6-5-7-17(12-16)14-23(3)4/h5-12,15H,13-14H2,1-4H3,(H2,21,22,24). The first-order valence-electron chi connectivity index (χ1n) is 8.31. The first-order chi connectivity index (χ1) is 11.4. The molecule has 0 atom stereocenters. The summed E-state index contributed by atoms with van der Waals surface area (Å²) in [5.41, 5.74) is 4.40. The molecule has 4 nitrogen and oxygen atoms in total. The Kier molecular flexibility index (Phi) is 6.38. The zero-order valence-electron chi connectivity index (χ0n) is 15.0. The lowest BCUT2D eigenvalue weighted by Crippen LogP contribution is -2.28. The van der Waals surface area contributed by atoms with Gasteiger partial charge in [-0.3, -0.25) is 0 Å². The van der Waals surface area contributed by atoms with Crippen molar-refractivity contribution in [2.45, 2.75) is 32.9 Å². The Bertz CT molecular complexity index is 663. The smallest absolute Gasteiger partial charge is 0.319 e. The van der Waals surface area contributed by atoms with Gasteiger partial charge >= 0.3 is 6.03 Å². The lowest BCUT2D eigenvalue weighted by molar-refractivity contribution is 0.251. The van der Waals surface area contributed by atoms with Crippen LogP contribution < -0.4 is 10.6 Å². The van der Waals surface area contributed by atoms with Gasteiger partial charge in [-0.25, -0.2) is 4.79 Å². The number of benzene rings is 2. The van der Waals surface area contributed by atoms with Crippen LogP contribution in [0.25, 0.3) is 0 Å². The maximum Gasteiger partial charge on any atom is 0.319 e. The zero-order chi connectivity index (χ0) is 17.5. The predicted molar refractivity (Wildman–Crippen MR) is 100 cm³/mol. The molecule has 2 aromatic carbocycles. The van der Waals surface area contributed by atoms with Gasteiger partial charge in [-0.2, -0.15) is 0 Å². The van der Waals surface area contributed by atoms with Gasteiger partial charge in [0.15, 0.2) is 0 Å². The van der Waals surface area contributed by atoms with E-state index < -0.39 is 0 Å². The van der Waals surface area contributed by atoms with Gasteiger partial charge in [0.05, 0.1) is 0 Å². The molecule has 0 saturated heterocycles. The second kappa shape index (κ2) is 8.50. The third kappa shape index (κ3) is 5.70. The average molecular weight is 325 g/mol. The van der Waals surface area contributed by atoms with Crippen molar-refractivity contribution in [1.29, 1.82) is 0 Å². The molecule has 0 heterocycles. The molecule has 0 spiro atoms. The van der Waals surface area contributed by atoms with E-state index in [4.69, 9.17) is 0 Å². The summed E-state index contributed by atoms with van der Waals surface area (Å²) < 4.78 is 0. The van der Waals surface area contributed by atoms with Crippen LogP contribution in [0.2, 0.25) is 0 Å². The highest BCUT2D eigenvalue weighted by molar-refractivity contribution is 5.89. The summed E-state index contributed by atoms with van der Waals surface area (Å²) in [4.78, 5) is 14.2. The minimum absolute atomic E-state index is 0.190. The largest absolute Gasteiger partial charge is 0.334 e. The molecule has 2 N–H and O–H groups in total. The monoisotopic (exact) mass is 325 g/mol. The maximum atomic E-state index is 12.0. The number of nitrogens with zero attached hydrogens (tertiary/aromatic N) is 1. The number of urea groups is 1. The van der Waals surface area contributed by atoms with E-state index in [-0.39, 0.29) is 6.03 Å². The van der Waals surface area contributed by atoms with Crippen molar-refractivity contribution in [3.63, 3.8) is 0 Å². The van der Waals surface area contributed by atoms with Crippen molar-refractivity contribution in [2.75, 3.05) is 19.4 Å². The molecule has 0 saturated carbocycles. The number of carbonyl (C=O) groups is 1. The molecule has 0 radical (unpaired) electrons. The van der Waals surface area contributed by atoms with Crippen molar-refractivity contribution >= 4 is 11.7 Å². The number of anilines is 1. The Morgan fingerprint density at radius 2 is 1.71 bits per heavy atom. The lowest BCUT2D eigenvalue weighted by Gasteiger charge is -2.12. The third-order valence-corrected chi connectivity index (χ3v) is 3.78. The van der Waals surface area contributed by atoms with Gasteiger partial charge in [0.25, 0.3) is 0 Å². The summed E-state index contributed by atoms with van der Waals surface area (Å²) in [5, 5.41) is 5.77. The van der Waals surface area contributed by atoms with Crippen molar-refractivity contribution in [2.24, 2.45) is 0 Å². The Labute approximate surface area is 144 Å². The summed E-state index contributed by atoms with van der Waals surface area (Å²) in [6.07, 6.45) is 0. The number of rotatable bonds is 6. The van der Waals surface area contributed by atoms with E-state index in [1.165, 1.54) is 11.1 Å². The zero-order valence-corrected chi connectivity index (χ0v) is 15.0. The van der Waals surface area contributed by atoms with Gasteiger partial charge < -0.3 is 15.5 Å². The highest BCUT2D eigenvalue weighted by Gasteiger charge is 2.04. The van der Waals surface area contributed by atoms with E-state index in [2.05, 4.69) is 41.5 Å². The average Bonchev–Trinajstić information content (AvgIpc) is 2.53. The Morgan fingerprint density at radius 3 is 2.33 bits per heavy atom. The van der Waals surface area contributed by atoms with Gasteiger partial charge in [-0.05, 0) is 48.8 Å². The molecule has 0 aromatic heterocycles. The Hall–Kier alpha value is -2.33. The number of hydrogen-bond acceptors (Lipinski definition) is 2. The van der Waals surface area contributed by atoms with E-state index in [1.807, 2.05) is 50.5 Å². The molecule has 0 fully saturated rings. The number of amides is 2. The van der Waals surface area contributed by atoms with Crippen molar-refractivity contribution in [3.8, 4) is 0 Å². The molecule has 4 heteroatoms. The normalized spacial score (nSPS) is 10.9. The van der Waals surface area contributed by atoms with E-state index in [0.29, 0.717) is 12.5 Å². The van der Waals surface area contributed by atoms with Crippen molar-refractivity contribution in [1.82, 2.24) is 10.2 Å². The topological polar surface area (TPSA) is 44.4 Å². The van der Waals surface area contributed by atoms with Crippen LogP contribution in [0.4, 0.5) is 10.5 Å². The fourth-order valence-corrected chi connectivity index (χ4v) is 2.51. The molecule has 2 rings (SSSR count). The number of nitrogens with one attached hydrogen (secondary N) is 2. The molecular formula is C20H27N3O. The Balaban J connectivity index is 1.86. The highest BCUT2D eigenvalue weighted by Crippen LogP contribution is 2.17. The maximum absolute atomic E-state index is 12.0. The van der Waals surface area contributed by atoms with Crippen LogP contribution in [-0.4, -0.2) is 25.0 Å². The predicted octanol–water partition coefficient (Wildman–Crippen LogP) is 4.19. The third-order valence-electron chi connectivity index (χ3n) is 3.78. The molecule has 0 unspecified atom stereocenters. The molecule has 2 amide bonds. The molecule has 0 aliphatic rings. The van der Waals surface area contributed by atoms with Gasteiger partial charge in [0.1, 0.15) is 0 Å². The number of carbonyl (C=O) groups excluding carboxylic acids is 1. The molecule has 0 aliphatic heterocycles. The Morgan fingerprint density at radius 1 is 1.04 bits per heavy atom. The SMILES string of the molecule is CC(C)c1ccc(NC(=O)NCc2cccc(CN(C)C)c2)cc1. The fourth-order valence-electron chi connectivity index (χ4n) is 2.51. The molecule has 128 valence electrons. The van der Waals surface area contributed by atoms with Crippen molar-refractivity contribution < 1.29 is 4.79 Å². The van der Waals surface area contributed by atoms with Gasteiger partial charge in [-0.1, -0.05) is 50.2 Å². The molecule has 24 heavy (non-hydrogen) atoms. The van der Waals surface area contributed by atoms with E-state index in [1.54, 1.807) is 0 Å². The van der Waals surface area contributed by atoms with Crippen LogP contribution in [0.5, 0.6) is 0 Å². The van der Waals surface area contributed by atoms with E-state index >= 15 is 0 Å². The summed E-state index contributed by atoms with van der Waals surface area (Å²) in [6, 6.07) is 16.0. The second-order valence-corrected chi connectivity index (χ2v) is 6.64. The summed E-state index contributed by atoms with van der Waals surface area (Å²) in [7, 11) is 4.09. The first kappa shape index (κ1) is 18.0. The van der Waals surface area contributed by atoms with Crippen LogP contribution in [0.3, 0.4) is 0 Å². The van der Waals surface area contributed by atoms with E-state index in [9.17, 15) is 4.79 Å². The molecule has 0 aliphatic carbocycles. The first-order valence-corrected chi connectivity index (χ1v) is 8.31. The van der Waals surface area contributed by atoms with Gasteiger partial charge in [0.2, 0.25) is 0 Å². The quantitative estimate of drug-likeness (QED) is 0.836. The van der Waals surface area contributed by atoms with Gasteiger partial charge in [0, 0.05) is 18.8 Å². The van der Waals surface area contributed by atoms with Crippen LogP contribution in [-0.2, 0) is 13.1 Å². The fraction of sp³-hybridized carbons (Fsp3) is 0.350. The minimum atomic E-state index is -0.190. The minimum Gasteiger partial charge on any atom is -0.334 e. The summed E-state index contributed by atoms with van der Waals surface area (Å²) in [5.74, 6) is 0.488. The molecule has 0 bridgehead atoms. The van der Waals surface area contributed by atoms with E-state index in [0.717, 1.165) is 17.8 Å². The van der Waals surface area contributed by atoms with Gasteiger partial charge in [-0.15, -0.1) is 0 Å². The van der Waals surface area contributed by atoms with Crippen LogP contribution >= 0.6 is 0 Å². The molecule has 2 aromatic rings.